The van der Waals surface area contributed by atoms with Gasteiger partial charge in [-0.2, -0.15) is 5.10 Å². The second-order valence-electron chi connectivity index (χ2n) is 6.40. The first-order chi connectivity index (χ1) is 14.3. The molecule has 4 aromatic rings. The molecule has 0 bridgehead atoms. The van der Waals surface area contributed by atoms with Gasteiger partial charge in [0.15, 0.2) is 5.82 Å². The zero-order valence-corrected chi connectivity index (χ0v) is 18.9. The van der Waals surface area contributed by atoms with E-state index in [4.69, 9.17) is 17.3 Å². The van der Waals surface area contributed by atoms with Crippen molar-refractivity contribution in [3.05, 3.63) is 61.9 Å². The molecule has 3 N–H and O–H groups in total. The highest BCUT2D eigenvalue weighted by Gasteiger charge is 2.23. The highest BCUT2D eigenvalue weighted by Crippen LogP contribution is 2.34. The molecule has 30 heavy (non-hydrogen) atoms. The van der Waals surface area contributed by atoms with E-state index in [1.807, 2.05) is 13.8 Å². The van der Waals surface area contributed by atoms with Crippen LogP contribution in [0.15, 0.2) is 35.1 Å². The Balaban J connectivity index is 1.82. The second kappa shape index (κ2) is 7.78. The fourth-order valence-corrected chi connectivity index (χ4v) is 4.56. The number of carbonyl (C=O) groups is 2. The number of thiazole rings is 1. The van der Waals surface area contributed by atoms with Crippen LogP contribution in [0.2, 0.25) is 5.02 Å². The van der Waals surface area contributed by atoms with Crippen molar-refractivity contribution in [3.63, 3.8) is 0 Å². The number of rotatable bonds is 4. The molecule has 2 amide bonds. The summed E-state index contributed by atoms with van der Waals surface area (Å²) in [6, 6.07) is 6.46. The fraction of sp³-hybridized carbons (Fsp3) is 0.105. The van der Waals surface area contributed by atoms with Crippen LogP contribution >= 0.6 is 38.9 Å². The highest BCUT2D eigenvalue weighted by molar-refractivity contribution is 9.10. The molecule has 0 fully saturated rings. The number of anilines is 1. The normalized spacial score (nSPS) is 11.1. The molecule has 4 rings (SSSR count). The number of aromatic nitrogens is 4. The quantitative estimate of drug-likeness (QED) is 0.430. The summed E-state index contributed by atoms with van der Waals surface area (Å²) >= 11 is 11.0. The zero-order chi connectivity index (χ0) is 21.6. The van der Waals surface area contributed by atoms with Crippen molar-refractivity contribution in [2.45, 2.75) is 13.8 Å². The van der Waals surface area contributed by atoms with E-state index in [0.717, 1.165) is 9.71 Å². The Morgan fingerprint density at radius 3 is 2.77 bits per heavy atom. The lowest BCUT2D eigenvalue weighted by Crippen LogP contribution is -2.21. The maximum Gasteiger partial charge on any atom is 0.274 e. The van der Waals surface area contributed by atoms with Crippen molar-refractivity contribution in [2.24, 2.45) is 5.73 Å². The average Bonchev–Trinajstić information content (AvgIpc) is 3.26. The number of halogens is 2. The monoisotopic (exact) mass is 504 g/mol. The third-order valence-corrected chi connectivity index (χ3v) is 6.17. The molecular weight excluding hydrogens is 492 g/mol. The highest BCUT2D eigenvalue weighted by atomic mass is 79.9. The number of nitrogens with zero attached hydrogens (tertiary/aromatic N) is 4. The first-order valence-corrected chi connectivity index (χ1v) is 10.6. The number of hydrogen-bond acceptors (Lipinski definition) is 6. The van der Waals surface area contributed by atoms with Crippen LogP contribution < -0.4 is 11.1 Å². The molecule has 3 heterocycles. The van der Waals surface area contributed by atoms with Crippen LogP contribution in [0.1, 0.15) is 31.4 Å². The number of aryl methyl sites for hydroxylation is 2. The van der Waals surface area contributed by atoms with Crippen molar-refractivity contribution >= 4 is 66.6 Å². The number of primary amides is 1. The van der Waals surface area contributed by atoms with E-state index in [-0.39, 0.29) is 11.3 Å². The number of nitrogens with two attached hydrogens (primary N) is 1. The predicted octanol–water partition coefficient (Wildman–Crippen LogP) is 4.26. The minimum Gasteiger partial charge on any atom is -0.366 e. The molecule has 3 aromatic heterocycles. The molecule has 0 saturated carbocycles. The number of benzene rings is 1. The number of pyridine rings is 1. The van der Waals surface area contributed by atoms with Gasteiger partial charge in [-0.15, -0.1) is 11.3 Å². The summed E-state index contributed by atoms with van der Waals surface area (Å²) in [5.74, 6) is -0.861. The van der Waals surface area contributed by atoms with Crippen LogP contribution in [0.4, 0.5) is 5.69 Å². The van der Waals surface area contributed by atoms with E-state index in [2.05, 4.69) is 36.3 Å². The van der Waals surface area contributed by atoms with Crippen molar-refractivity contribution in [3.8, 4) is 5.82 Å². The van der Waals surface area contributed by atoms with Crippen LogP contribution in [0, 0.1) is 13.8 Å². The Kier molecular flexibility index (Phi) is 5.31. The Morgan fingerprint density at radius 1 is 1.30 bits per heavy atom. The summed E-state index contributed by atoms with van der Waals surface area (Å²) in [7, 11) is 0. The Morgan fingerprint density at radius 2 is 2.07 bits per heavy atom. The number of hydrogen-bond donors (Lipinski definition) is 2. The number of nitrogens with one attached hydrogen (secondary N) is 1. The van der Waals surface area contributed by atoms with Crippen LogP contribution in [0.5, 0.6) is 0 Å². The van der Waals surface area contributed by atoms with E-state index in [9.17, 15) is 9.59 Å². The Bertz CT molecular complexity index is 1330. The van der Waals surface area contributed by atoms with E-state index < -0.39 is 11.8 Å². The van der Waals surface area contributed by atoms with Gasteiger partial charge in [-0.05, 0) is 53.5 Å². The largest absolute Gasteiger partial charge is 0.366 e. The summed E-state index contributed by atoms with van der Waals surface area (Å²) in [6.45, 7) is 3.68. The van der Waals surface area contributed by atoms with Gasteiger partial charge in [0.2, 0.25) is 0 Å². The molecule has 152 valence electrons. The molecule has 11 heteroatoms. The zero-order valence-electron chi connectivity index (χ0n) is 15.7. The standard InChI is InChI=1S/C19H14BrClN6O2S/c1-8-15(10(17(22)28)6-12-16(8)30-9(2)24-12)25-19(29)13-7-14(20)26-27(13)18-11(21)4-3-5-23-18/h3-7H,1-2H3,(H2,22,28)(H,25,29). The molecule has 0 saturated heterocycles. The van der Waals surface area contributed by atoms with Gasteiger partial charge >= 0.3 is 0 Å². The molecule has 0 spiro atoms. The van der Waals surface area contributed by atoms with Gasteiger partial charge in [0.25, 0.3) is 11.8 Å². The van der Waals surface area contributed by atoms with Crippen molar-refractivity contribution in [1.82, 2.24) is 19.7 Å². The minimum atomic E-state index is -0.664. The number of amides is 2. The number of carbonyl (C=O) groups excluding carboxylic acids is 2. The summed E-state index contributed by atoms with van der Waals surface area (Å²) in [4.78, 5) is 33.9. The van der Waals surface area contributed by atoms with Crippen molar-refractivity contribution < 1.29 is 9.59 Å². The maximum atomic E-state index is 13.2. The molecule has 0 aliphatic rings. The van der Waals surface area contributed by atoms with Crippen molar-refractivity contribution in [2.75, 3.05) is 5.32 Å². The number of fused-ring (bicyclic) bond motifs is 1. The first-order valence-electron chi connectivity index (χ1n) is 8.64. The van der Waals surface area contributed by atoms with Gasteiger partial charge in [-0.25, -0.2) is 14.6 Å². The lowest BCUT2D eigenvalue weighted by atomic mass is 10.1. The molecule has 0 atom stereocenters. The predicted molar refractivity (Wildman–Crippen MR) is 120 cm³/mol. The topological polar surface area (TPSA) is 116 Å². The first kappa shape index (κ1) is 20.5. The molecular formula is C19H14BrClN6O2S. The van der Waals surface area contributed by atoms with Gasteiger partial charge in [0, 0.05) is 12.3 Å². The lowest BCUT2D eigenvalue weighted by molar-refractivity contribution is 0.100. The summed E-state index contributed by atoms with van der Waals surface area (Å²) in [6.07, 6.45) is 1.55. The Hall–Kier alpha value is -2.82. The molecule has 8 nitrogen and oxygen atoms in total. The summed E-state index contributed by atoms with van der Waals surface area (Å²) in [5, 5.41) is 8.25. The molecule has 0 aliphatic heterocycles. The van der Waals surface area contributed by atoms with Gasteiger partial charge in [0.1, 0.15) is 10.3 Å². The van der Waals surface area contributed by atoms with E-state index >= 15 is 0 Å². The smallest absolute Gasteiger partial charge is 0.274 e. The van der Waals surface area contributed by atoms with E-state index in [0.29, 0.717) is 32.2 Å². The molecule has 1 aromatic carbocycles. The molecule has 0 unspecified atom stereocenters. The minimum absolute atomic E-state index is 0.179. The van der Waals surface area contributed by atoms with E-state index in [1.54, 1.807) is 24.4 Å². The second-order valence-corrected chi connectivity index (χ2v) is 8.82. The van der Waals surface area contributed by atoms with Gasteiger partial charge in [-0.1, -0.05) is 11.6 Å². The van der Waals surface area contributed by atoms with Crippen LogP contribution in [-0.2, 0) is 0 Å². The summed E-state index contributed by atoms with van der Waals surface area (Å²) < 4.78 is 2.63. The van der Waals surface area contributed by atoms with Crippen LogP contribution in [0.25, 0.3) is 16.0 Å². The third-order valence-electron chi connectivity index (χ3n) is 4.38. The molecule has 0 radical (unpaired) electrons. The SMILES string of the molecule is Cc1nc2cc(C(N)=O)c(NC(=O)c3cc(Br)nn3-c3ncccc3Cl)c(C)c2s1. The van der Waals surface area contributed by atoms with E-state index in [1.165, 1.54) is 22.1 Å². The Labute approximate surface area is 188 Å². The lowest BCUT2D eigenvalue weighted by Gasteiger charge is -2.14. The average molecular weight is 506 g/mol. The third kappa shape index (κ3) is 3.57. The van der Waals surface area contributed by atoms with Crippen LogP contribution in [-0.4, -0.2) is 31.6 Å². The fourth-order valence-electron chi connectivity index (χ4n) is 3.08. The van der Waals surface area contributed by atoms with Gasteiger partial charge in [-0.3, -0.25) is 9.59 Å². The maximum absolute atomic E-state index is 13.2. The van der Waals surface area contributed by atoms with Gasteiger partial charge in [0.05, 0.1) is 31.5 Å². The van der Waals surface area contributed by atoms with Gasteiger partial charge < -0.3 is 11.1 Å². The van der Waals surface area contributed by atoms with Crippen molar-refractivity contribution in [1.29, 1.82) is 0 Å². The summed E-state index contributed by atoms with van der Waals surface area (Å²) in [5.41, 5.74) is 7.64. The van der Waals surface area contributed by atoms with Crippen LogP contribution in [0.3, 0.4) is 0 Å². The molecule has 0 aliphatic carbocycles.